The number of carboxylic acid groups (broad SMARTS) is 2. The van der Waals surface area contributed by atoms with E-state index in [2.05, 4.69) is 0 Å². The highest BCUT2D eigenvalue weighted by Gasteiger charge is 2.47. The second-order valence-electron chi connectivity index (χ2n) is 4.64. The predicted octanol–water partition coefficient (Wildman–Crippen LogP) is -1.22. The molecule has 0 aromatic carbocycles. The van der Waals surface area contributed by atoms with Crippen LogP contribution in [0.4, 0.5) is 0 Å². The van der Waals surface area contributed by atoms with Gasteiger partial charge in [0, 0.05) is 23.8 Å². The van der Waals surface area contributed by atoms with Gasteiger partial charge < -0.3 is 19.8 Å². The Morgan fingerprint density at radius 3 is 1.93 bits per heavy atom. The Balaban J connectivity index is 2.96. The Hall–Kier alpha value is -1.06. The lowest BCUT2D eigenvalue weighted by Crippen LogP contribution is -2.39. The smallest absolute Gasteiger partial charge is 0.0450 e. The molecule has 0 spiro atoms. The van der Waals surface area contributed by atoms with Gasteiger partial charge in [-0.2, -0.15) is 0 Å². The molecule has 1 saturated carbocycles. The topological polar surface area (TPSA) is 80.3 Å². The van der Waals surface area contributed by atoms with Crippen LogP contribution in [0, 0.1) is 23.2 Å². The molecule has 0 radical (unpaired) electrons. The molecule has 1 aliphatic rings. The molecule has 0 aromatic rings. The summed E-state index contributed by atoms with van der Waals surface area (Å²) in [6.45, 7) is 5.28. The summed E-state index contributed by atoms with van der Waals surface area (Å²) in [5.74, 6) is -3.89. The molecule has 0 amide bonds. The van der Waals surface area contributed by atoms with Gasteiger partial charge in [0.2, 0.25) is 0 Å². The zero-order valence-corrected chi connectivity index (χ0v) is 8.57. The molecule has 4 nitrogen and oxygen atoms in total. The maximum Gasteiger partial charge on any atom is 0.0450 e. The first-order valence-corrected chi connectivity index (χ1v) is 4.70. The quantitative estimate of drug-likeness (QED) is 0.557. The number of carboxylic acids is 2. The molecule has 1 aliphatic carbocycles. The fraction of sp³-hybridized carbons (Fsp3) is 0.800. The van der Waals surface area contributed by atoms with E-state index in [1.807, 2.05) is 0 Å². The molecule has 14 heavy (non-hydrogen) atoms. The molecule has 4 heteroatoms. The van der Waals surface area contributed by atoms with Gasteiger partial charge in [0.1, 0.15) is 0 Å². The third-order valence-corrected chi connectivity index (χ3v) is 3.75. The molecule has 0 aromatic heterocycles. The van der Waals surface area contributed by atoms with E-state index in [0.29, 0.717) is 0 Å². The number of carbonyl (C=O) groups excluding carboxylic acids is 2. The highest BCUT2D eigenvalue weighted by atomic mass is 16.4. The van der Waals surface area contributed by atoms with Gasteiger partial charge in [-0.05, 0) is 17.8 Å². The summed E-state index contributed by atoms with van der Waals surface area (Å²) in [5.41, 5.74) is -0.538. The summed E-state index contributed by atoms with van der Waals surface area (Å²) in [6, 6.07) is 0. The summed E-state index contributed by atoms with van der Waals surface area (Å²) in [4.78, 5) is 21.5. The van der Waals surface area contributed by atoms with E-state index >= 15 is 0 Å². The Kier molecular flexibility index (Phi) is 2.56. The van der Waals surface area contributed by atoms with E-state index in [9.17, 15) is 19.8 Å². The molecule has 0 unspecified atom stereocenters. The number of carbonyl (C=O) groups is 2. The fourth-order valence-electron chi connectivity index (χ4n) is 2.30. The van der Waals surface area contributed by atoms with E-state index in [1.54, 1.807) is 20.8 Å². The lowest BCUT2D eigenvalue weighted by molar-refractivity contribution is -0.314. The van der Waals surface area contributed by atoms with Crippen LogP contribution in [-0.2, 0) is 9.59 Å². The fourth-order valence-corrected chi connectivity index (χ4v) is 2.30. The zero-order valence-electron chi connectivity index (χ0n) is 8.57. The summed E-state index contributed by atoms with van der Waals surface area (Å²) in [6.07, 6.45) is 0.124. The molecule has 0 bridgehead atoms. The Morgan fingerprint density at radius 1 is 1.21 bits per heavy atom. The van der Waals surface area contributed by atoms with Crippen molar-refractivity contribution in [1.82, 2.24) is 0 Å². The maximum absolute atomic E-state index is 10.8. The Morgan fingerprint density at radius 2 is 1.71 bits per heavy atom. The van der Waals surface area contributed by atoms with Crippen LogP contribution in [0.5, 0.6) is 0 Å². The second-order valence-corrected chi connectivity index (χ2v) is 4.64. The van der Waals surface area contributed by atoms with Gasteiger partial charge in [-0.15, -0.1) is 0 Å². The average molecular weight is 198 g/mol. The summed E-state index contributed by atoms with van der Waals surface area (Å²) in [5, 5.41) is 21.5. The maximum atomic E-state index is 10.8. The van der Waals surface area contributed by atoms with E-state index in [0.717, 1.165) is 0 Å². The number of rotatable bonds is 2. The van der Waals surface area contributed by atoms with Crippen molar-refractivity contribution in [3.8, 4) is 0 Å². The molecule has 3 atom stereocenters. The standard InChI is InChI=1S/C10H16O4/c1-5-6(8(11)12)4-7(9(13)14)10(5,2)3/h5-7H,4H2,1-3H3,(H,11,12)(H,13,14)/p-2/t5-,6+,7+/m0/s1. The number of hydrogen-bond acceptors (Lipinski definition) is 4. The second kappa shape index (κ2) is 3.26. The number of hydrogen-bond donors (Lipinski definition) is 0. The lowest BCUT2D eigenvalue weighted by Gasteiger charge is -2.32. The van der Waals surface area contributed by atoms with Gasteiger partial charge in [0.05, 0.1) is 0 Å². The van der Waals surface area contributed by atoms with E-state index < -0.39 is 29.2 Å². The summed E-state index contributed by atoms with van der Waals surface area (Å²) >= 11 is 0. The van der Waals surface area contributed by atoms with E-state index in [-0.39, 0.29) is 12.3 Å². The third-order valence-electron chi connectivity index (χ3n) is 3.75. The van der Waals surface area contributed by atoms with Crippen molar-refractivity contribution in [2.75, 3.05) is 0 Å². The van der Waals surface area contributed by atoms with Crippen LogP contribution < -0.4 is 10.2 Å². The van der Waals surface area contributed by atoms with Gasteiger partial charge in [-0.25, -0.2) is 0 Å². The average Bonchev–Trinajstić information content (AvgIpc) is 2.24. The number of aliphatic carboxylic acids is 2. The lowest BCUT2D eigenvalue weighted by atomic mass is 9.75. The Labute approximate surface area is 82.9 Å². The van der Waals surface area contributed by atoms with Crippen LogP contribution in [0.2, 0.25) is 0 Å². The molecular weight excluding hydrogens is 184 g/mol. The van der Waals surface area contributed by atoms with Crippen molar-refractivity contribution in [1.29, 1.82) is 0 Å². The van der Waals surface area contributed by atoms with Crippen molar-refractivity contribution in [2.24, 2.45) is 23.2 Å². The largest absolute Gasteiger partial charge is 0.550 e. The molecule has 1 rings (SSSR count). The van der Waals surface area contributed by atoms with Gasteiger partial charge in [0.25, 0.3) is 0 Å². The highest BCUT2D eigenvalue weighted by Crippen LogP contribution is 2.50. The van der Waals surface area contributed by atoms with E-state index in [4.69, 9.17) is 0 Å². The summed E-state index contributed by atoms with van der Waals surface area (Å²) < 4.78 is 0. The van der Waals surface area contributed by atoms with Crippen molar-refractivity contribution < 1.29 is 19.8 Å². The first-order valence-electron chi connectivity index (χ1n) is 4.70. The molecule has 0 aliphatic heterocycles. The molecule has 80 valence electrons. The molecule has 1 fully saturated rings. The first kappa shape index (κ1) is 11.0. The third kappa shape index (κ3) is 1.49. The van der Waals surface area contributed by atoms with Crippen molar-refractivity contribution >= 4 is 11.9 Å². The summed E-state index contributed by atoms with van der Waals surface area (Å²) in [7, 11) is 0. The van der Waals surface area contributed by atoms with Crippen LogP contribution in [0.15, 0.2) is 0 Å². The first-order chi connectivity index (χ1) is 6.28. The minimum atomic E-state index is -1.16. The molecule has 0 heterocycles. The van der Waals surface area contributed by atoms with Crippen molar-refractivity contribution in [3.63, 3.8) is 0 Å². The highest BCUT2D eigenvalue weighted by molar-refractivity contribution is 5.74. The minimum absolute atomic E-state index is 0.124. The van der Waals surface area contributed by atoms with Crippen LogP contribution in [-0.4, -0.2) is 11.9 Å². The molecule has 0 N–H and O–H groups in total. The van der Waals surface area contributed by atoms with Gasteiger partial charge >= 0.3 is 0 Å². The zero-order chi connectivity index (χ0) is 11.1. The van der Waals surface area contributed by atoms with Crippen LogP contribution in [0.3, 0.4) is 0 Å². The van der Waals surface area contributed by atoms with Crippen LogP contribution in [0.1, 0.15) is 27.2 Å². The molecule has 0 saturated heterocycles. The van der Waals surface area contributed by atoms with Crippen LogP contribution >= 0.6 is 0 Å². The SMILES string of the molecule is C[C@H]1[C@H](C(=O)[O-])C[C@H](C(=O)[O-])C1(C)C. The van der Waals surface area contributed by atoms with Crippen LogP contribution in [0.25, 0.3) is 0 Å². The van der Waals surface area contributed by atoms with E-state index in [1.165, 1.54) is 0 Å². The predicted molar refractivity (Wildman–Crippen MR) is 44.6 cm³/mol. The minimum Gasteiger partial charge on any atom is -0.550 e. The monoisotopic (exact) mass is 198 g/mol. The normalized spacial score (nSPS) is 35.5. The Bertz CT molecular complexity index is 269. The molecular formula is C10H14O4-2. The van der Waals surface area contributed by atoms with Gasteiger partial charge in [0.15, 0.2) is 0 Å². The van der Waals surface area contributed by atoms with Crippen molar-refractivity contribution in [3.05, 3.63) is 0 Å². The van der Waals surface area contributed by atoms with Crippen molar-refractivity contribution in [2.45, 2.75) is 27.2 Å². The van der Waals surface area contributed by atoms with Gasteiger partial charge in [-0.3, -0.25) is 0 Å². The van der Waals surface area contributed by atoms with Gasteiger partial charge in [-0.1, -0.05) is 20.8 Å².